The van der Waals surface area contributed by atoms with E-state index in [9.17, 15) is 8.78 Å². The fraction of sp³-hybridized carbons (Fsp3) is 0.833. The molecule has 0 aliphatic heterocycles. The van der Waals surface area contributed by atoms with Crippen molar-refractivity contribution in [2.45, 2.75) is 162 Å². The Morgan fingerprint density at radius 1 is 0.767 bits per heavy atom. The highest BCUT2D eigenvalue weighted by molar-refractivity contribution is 7.99. The second-order valence-electron chi connectivity index (χ2n) is 12.1. The molecule has 0 heterocycles. The molecule has 1 aromatic carbocycles. The van der Waals surface area contributed by atoms with Crippen molar-refractivity contribution >= 4 is 30.1 Å². The Balaban J connectivity index is 2.33. The van der Waals surface area contributed by atoms with Crippen LogP contribution in [0.25, 0.3) is 0 Å². The third-order valence-corrected chi connectivity index (χ3v) is 9.69. The van der Waals surface area contributed by atoms with Gasteiger partial charge in [0.2, 0.25) is 6.43 Å². The summed E-state index contributed by atoms with van der Waals surface area (Å²) in [5, 5.41) is 2.09. The van der Waals surface area contributed by atoms with Gasteiger partial charge in [-0.15, -0.1) is 0 Å². The zero-order valence-electron chi connectivity index (χ0n) is 28.1. The largest absolute Gasteiger partial charge is 0.493 e. The summed E-state index contributed by atoms with van der Waals surface area (Å²) in [6, 6.07) is 4.47. The van der Waals surface area contributed by atoms with Crippen molar-refractivity contribution in [3.05, 3.63) is 23.3 Å². The first kappa shape index (κ1) is 40.4. The first-order valence-corrected chi connectivity index (χ1v) is 19.5. The van der Waals surface area contributed by atoms with E-state index >= 15 is 0 Å². The topological polar surface area (TPSA) is 24.5 Å². The van der Waals surface area contributed by atoms with Crippen LogP contribution in [-0.2, 0) is 6.42 Å². The smallest absolute Gasteiger partial charge is 0.238 e. The minimum Gasteiger partial charge on any atom is -0.493 e. The Labute approximate surface area is 274 Å². The third-order valence-electron chi connectivity index (χ3n) is 8.19. The number of halogens is 2. The molecule has 0 saturated carbocycles. The Morgan fingerprint density at radius 3 is 1.91 bits per heavy atom. The van der Waals surface area contributed by atoms with Gasteiger partial charge in [-0.1, -0.05) is 110 Å². The molecule has 0 aliphatic rings. The molecule has 0 atom stereocenters. The number of aryl methyl sites for hydroxylation is 2. The van der Waals surface area contributed by atoms with Crippen molar-refractivity contribution in [2.75, 3.05) is 36.0 Å². The summed E-state index contributed by atoms with van der Waals surface area (Å²) in [5.74, 6) is 4.11. The van der Waals surface area contributed by atoms with Gasteiger partial charge in [0.1, 0.15) is 5.75 Å². The van der Waals surface area contributed by atoms with Gasteiger partial charge >= 0.3 is 0 Å². The van der Waals surface area contributed by atoms with Gasteiger partial charge in [0, 0.05) is 13.0 Å². The number of hydrazine groups is 1. The average Bonchev–Trinajstić information content (AvgIpc) is 3.00. The van der Waals surface area contributed by atoms with Crippen molar-refractivity contribution in [2.24, 2.45) is 0 Å². The minimum absolute atomic E-state index is 0.0489. The third kappa shape index (κ3) is 22.5. The van der Waals surface area contributed by atoms with E-state index in [-0.39, 0.29) is 6.42 Å². The molecule has 1 rings (SSSR count). The maximum Gasteiger partial charge on any atom is 0.238 e. The van der Waals surface area contributed by atoms with Crippen LogP contribution in [0.4, 0.5) is 14.5 Å². The minimum atomic E-state index is -2.15. The van der Waals surface area contributed by atoms with Gasteiger partial charge in [-0.05, 0) is 73.8 Å². The monoisotopic (exact) mass is 644 g/mol. The van der Waals surface area contributed by atoms with Crippen LogP contribution in [0.5, 0.6) is 5.75 Å². The van der Waals surface area contributed by atoms with Gasteiger partial charge in [-0.25, -0.2) is 13.8 Å². The Bertz CT molecular complexity index is 765. The second-order valence-corrected chi connectivity index (χ2v) is 13.6. The number of alkyl halides is 2. The molecule has 0 saturated heterocycles. The Kier molecular flexibility index (Phi) is 27.0. The SMILES string of the molecule is CCCCCCCCCCCCCSCCCOc1cc(C)c(NN(CC)CS)cc1CCCCCCCCCC(F)F. The molecule has 7 heteroatoms. The maximum absolute atomic E-state index is 12.3. The van der Waals surface area contributed by atoms with Gasteiger partial charge in [0.25, 0.3) is 0 Å². The number of ether oxygens (including phenoxy) is 1. The Morgan fingerprint density at radius 2 is 1.33 bits per heavy atom. The van der Waals surface area contributed by atoms with E-state index in [2.05, 4.69) is 67.7 Å². The summed E-state index contributed by atoms with van der Waals surface area (Å²) >= 11 is 6.52. The second kappa shape index (κ2) is 28.8. The van der Waals surface area contributed by atoms with E-state index in [1.165, 1.54) is 100 Å². The first-order chi connectivity index (χ1) is 21.0. The van der Waals surface area contributed by atoms with E-state index in [4.69, 9.17) is 4.74 Å². The molecule has 0 spiro atoms. The van der Waals surface area contributed by atoms with Crippen molar-refractivity contribution in [1.29, 1.82) is 0 Å². The highest BCUT2D eigenvalue weighted by Gasteiger charge is 2.11. The van der Waals surface area contributed by atoms with Crippen molar-refractivity contribution in [3.63, 3.8) is 0 Å². The molecule has 252 valence electrons. The molecular weight excluding hydrogens is 579 g/mol. The van der Waals surface area contributed by atoms with Gasteiger partial charge < -0.3 is 10.2 Å². The van der Waals surface area contributed by atoms with Crippen molar-refractivity contribution in [1.82, 2.24) is 5.01 Å². The number of hydrogen-bond donors (Lipinski definition) is 2. The van der Waals surface area contributed by atoms with Crippen LogP contribution in [0.1, 0.15) is 153 Å². The summed E-state index contributed by atoms with van der Waals surface area (Å²) in [6.07, 6.45) is 22.6. The number of anilines is 1. The van der Waals surface area contributed by atoms with Gasteiger partial charge in [-0.2, -0.15) is 24.4 Å². The summed E-state index contributed by atoms with van der Waals surface area (Å²) in [7, 11) is 0. The number of unbranched alkanes of at least 4 members (excludes halogenated alkanes) is 16. The number of rotatable bonds is 31. The predicted octanol–water partition coefficient (Wildman–Crippen LogP) is 12.3. The number of hydrogen-bond acceptors (Lipinski definition) is 5. The highest BCUT2D eigenvalue weighted by Crippen LogP contribution is 2.29. The Hall–Kier alpha value is -0.660. The number of thioether (sulfide) groups is 1. The number of thiol groups is 1. The molecule has 0 bridgehead atoms. The lowest BCUT2D eigenvalue weighted by atomic mass is 10.0. The quantitative estimate of drug-likeness (QED) is 0.0363. The molecule has 0 amide bonds. The van der Waals surface area contributed by atoms with Crippen molar-refractivity contribution in [3.8, 4) is 5.75 Å². The van der Waals surface area contributed by atoms with Crippen molar-refractivity contribution < 1.29 is 13.5 Å². The van der Waals surface area contributed by atoms with E-state index in [0.29, 0.717) is 12.3 Å². The van der Waals surface area contributed by atoms with Crippen LogP contribution in [0.15, 0.2) is 12.1 Å². The van der Waals surface area contributed by atoms with E-state index < -0.39 is 6.43 Å². The molecule has 3 nitrogen and oxygen atoms in total. The summed E-state index contributed by atoms with van der Waals surface area (Å²) < 4.78 is 30.9. The average molecular weight is 645 g/mol. The summed E-state index contributed by atoms with van der Waals surface area (Å²) in [6.45, 7) is 8.20. The van der Waals surface area contributed by atoms with Gasteiger partial charge in [0.15, 0.2) is 0 Å². The molecule has 0 aromatic heterocycles. The number of nitrogens with zero attached hydrogens (tertiary/aromatic N) is 1. The molecule has 0 aliphatic carbocycles. The zero-order chi connectivity index (χ0) is 31.4. The van der Waals surface area contributed by atoms with E-state index in [1.807, 2.05) is 0 Å². The number of nitrogens with one attached hydrogen (secondary N) is 1. The molecule has 0 unspecified atom stereocenters. The molecular formula is C36H66F2N2OS2. The molecule has 1 N–H and O–H groups in total. The molecule has 0 radical (unpaired) electrons. The van der Waals surface area contributed by atoms with Gasteiger partial charge in [0.05, 0.1) is 18.2 Å². The molecule has 1 aromatic rings. The fourth-order valence-electron chi connectivity index (χ4n) is 5.37. The van der Waals surface area contributed by atoms with Gasteiger partial charge in [-0.3, -0.25) is 0 Å². The molecule has 43 heavy (non-hydrogen) atoms. The highest BCUT2D eigenvalue weighted by atomic mass is 32.2. The first-order valence-electron chi connectivity index (χ1n) is 17.8. The lowest BCUT2D eigenvalue weighted by Crippen LogP contribution is -2.28. The van der Waals surface area contributed by atoms with Crippen LogP contribution in [0.2, 0.25) is 0 Å². The van der Waals surface area contributed by atoms with E-state index in [0.717, 1.165) is 68.9 Å². The standard InChI is InChI=1S/C36H66F2N2OS2/c1-4-6-7-8-9-10-11-12-16-19-22-27-43-28-23-26-41-35-29-32(3)34(39-40(5-2)31-42)30-33(35)24-20-17-14-13-15-18-21-25-36(37)38/h29-30,36,39,42H,4-28,31H2,1-3H3. The van der Waals surface area contributed by atoms with Crippen LogP contribution in [0, 0.1) is 6.92 Å². The lowest BCUT2D eigenvalue weighted by Gasteiger charge is -2.23. The predicted molar refractivity (Wildman–Crippen MR) is 192 cm³/mol. The maximum atomic E-state index is 12.3. The van der Waals surface area contributed by atoms with Crippen LogP contribution in [0.3, 0.4) is 0 Å². The summed E-state index contributed by atoms with van der Waals surface area (Å²) in [5.41, 5.74) is 7.11. The lowest BCUT2D eigenvalue weighted by molar-refractivity contribution is 0.133. The fourth-order valence-corrected chi connectivity index (χ4v) is 6.58. The zero-order valence-corrected chi connectivity index (χ0v) is 29.8. The van der Waals surface area contributed by atoms with Crippen LogP contribution >= 0.6 is 24.4 Å². The summed E-state index contributed by atoms with van der Waals surface area (Å²) in [4.78, 5) is 0. The van der Waals surface area contributed by atoms with Crippen LogP contribution in [-0.4, -0.2) is 42.0 Å². The van der Waals surface area contributed by atoms with Crippen LogP contribution < -0.4 is 10.2 Å². The normalized spacial score (nSPS) is 11.6. The molecule has 0 fully saturated rings. The van der Waals surface area contributed by atoms with E-state index in [1.54, 1.807) is 0 Å². The number of benzene rings is 1.